The highest BCUT2D eigenvalue weighted by Crippen LogP contribution is 2.07. The Labute approximate surface area is 105 Å². The molecule has 0 aliphatic carbocycles. The third-order valence-electron chi connectivity index (χ3n) is 3.00. The van der Waals surface area contributed by atoms with Gasteiger partial charge in [-0.05, 0) is 17.6 Å². The van der Waals surface area contributed by atoms with Crippen LogP contribution in [-0.2, 0) is 0 Å². The predicted octanol–water partition coefficient (Wildman–Crippen LogP) is -1.49. The first-order valence-electron chi connectivity index (χ1n) is 5.77. The zero-order valence-corrected chi connectivity index (χ0v) is 9.86. The van der Waals surface area contributed by atoms with Crippen molar-refractivity contribution in [3.05, 3.63) is 29.8 Å². The van der Waals surface area contributed by atoms with Crippen LogP contribution in [0.2, 0.25) is 0 Å². The summed E-state index contributed by atoms with van der Waals surface area (Å²) in [6.07, 6.45) is 0. The molecular formula is C11H15BN2O4. The molecule has 18 heavy (non-hydrogen) atoms. The minimum Gasteiger partial charge on any atom is -0.423 e. The molecule has 1 fully saturated rings. The molecule has 6 nitrogen and oxygen atoms in total. The van der Waals surface area contributed by atoms with E-state index in [1.807, 2.05) is 0 Å². The Morgan fingerprint density at radius 3 is 2.11 bits per heavy atom. The van der Waals surface area contributed by atoms with Gasteiger partial charge in [0.1, 0.15) is 0 Å². The maximum Gasteiger partial charge on any atom is 0.488 e. The summed E-state index contributed by atoms with van der Waals surface area (Å²) in [7, 11) is -1.52. The molecule has 1 aliphatic heterocycles. The van der Waals surface area contributed by atoms with Gasteiger partial charge >= 0.3 is 7.12 Å². The largest absolute Gasteiger partial charge is 0.488 e. The van der Waals surface area contributed by atoms with Gasteiger partial charge in [-0.15, -0.1) is 0 Å². The number of carbonyl (C=O) groups excluding carboxylic acids is 1. The summed E-state index contributed by atoms with van der Waals surface area (Å²) in [4.78, 5) is 13.8. The number of amides is 1. The topological polar surface area (TPSA) is 84.2 Å². The maximum absolute atomic E-state index is 12.1. The van der Waals surface area contributed by atoms with E-state index in [0.717, 1.165) is 0 Å². The van der Waals surface area contributed by atoms with Crippen molar-refractivity contribution in [2.24, 2.45) is 0 Å². The van der Waals surface area contributed by atoms with E-state index in [9.17, 15) is 10.0 Å². The third kappa shape index (κ3) is 2.88. The molecule has 1 amide bonds. The molecule has 0 radical (unpaired) electrons. The van der Waals surface area contributed by atoms with Crippen LogP contribution in [0.3, 0.4) is 0 Å². The Balaban J connectivity index is 2.04. The standard InChI is InChI=1S/C11H15BN2O4/c15-11(13-5-7-14(18)8-6-13)9-1-3-10(4-2-9)12(16)17/h1-4,16-18H,5-8H2. The van der Waals surface area contributed by atoms with Crippen molar-refractivity contribution < 1.29 is 20.0 Å². The summed E-state index contributed by atoms with van der Waals surface area (Å²) in [5.74, 6) is -0.109. The average Bonchev–Trinajstić information content (AvgIpc) is 2.39. The highest BCUT2D eigenvalue weighted by atomic mass is 16.5. The minimum absolute atomic E-state index is 0.109. The number of benzene rings is 1. The second-order valence-corrected chi connectivity index (χ2v) is 4.24. The fourth-order valence-corrected chi connectivity index (χ4v) is 1.88. The lowest BCUT2D eigenvalue weighted by Gasteiger charge is -2.31. The molecule has 3 N–H and O–H groups in total. The molecular weight excluding hydrogens is 235 g/mol. The van der Waals surface area contributed by atoms with Gasteiger partial charge in [0.2, 0.25) is 0 Å². The van der Waals surface area contributed by atoms with Crippen molar-refractivity contribution in [2.75, 3.05) is 26.2 Å². The first-order valence-corrected chi connectivity index (χ1v) is 5.77. The highest BCUT2D eigenvalue weighted by molar-refractivity contribution is 6.58. The Bertz CT molecular complexity index is 416. The second-order valence-electron chi connectivity index (χ2n) is 4.24. The molecule has 1 aliphatic rings. The van der Waals surface area contributed by atoms with Gasteiger partial charge in [0, 0.05) is 31.7 Å². The molecule has 0 spiro atoms. The monoisotopic (exact) mass is 250 g/mol. The Morgan fingerprint density at radius 1 is 1.06 bits per heavy atom. The van der Waals surface area contributed by atoms with E-state index >= 15 is 0 Å². The van der Waals surface area contributed by atoms with Gasteiger partial charge in [0.05, 0.1) is 0 Å². The van der Waals surface area contributed by atoms with Crippen molar-refractivity contribution in [2.45, 2.75) is 0 Å². The molecule has 0 atom stereocenters. The van der Waals surface area contributed by atoms with Crippen LogP contribution in [0.4, 0.5) is 0 Å². The predicted molar refractivity (Wildman–Crippen MR) is 65.5 cm³/mol. The lowest BCUT2D eigenvalue weighted by Crippen LogP contribution is -2.47. The molecule has 1 aromatic rings. The van der Waals surface area contributed by atoms with E-state index in [4.69, 9.17) is 10.0 Å². The molecule has 7 heteroatoms. The normalized spacial score (nSPS) is 16.7. The van der Waals surface area contributed by atoms with Crippen LogP contribution in [0, 0.1) is 0 Å². The number of piperazine rings is 1. The van der Waals surface area contributed by atoms with Gasteiger partial charge < -0.3 is 20.2 Å². The first kappa shape index (κ1) is 13.0. The third-order valence-corrected chi connectivity index (χ3v) is 3.00. The summed E-state index contributed by atoms with van der Waals surface area (Å²) in [5.41, 5.74) is 0.859. The molecule has 96 valence electrons. The lowest BCUT2D eigenvalue weighted by atomic mass is 9.80. The molecule has 0 aromatic heterocycles. The van der Waals surface area contributed by atoms with E-state index in [0.29, 0.717) is 37.2 Å². The smallest absolute Gasteiger partial charge is 0.423 e. The summed E-state index contributed by atoms with van der Waals surface area (Å²) in [6, 6.07) is 6.17. The fraction of sp³-hybridized carbons (Fsp3) is 0.364. The second kappa shape index (κ2) is 5.49. The van der Waals surface area contributed by atoms with Gasteiger partial charge in [-0.1, -0.05) is 12.1 Å². The van der Waals surface area contributed by atoms with Crippen LogP contribution >= 0.6 is 0 Å². The summed E-state index contributed by atoms with van der Waals surface area (Å²) in [6.45, 7) is 1.86. The van der Waals surface area contributed by atoms with Crippen LogP contribution in [0.5, 0.6) is 0 Å². The van der Waals surface area contributed by atoms with Crippen LogP contribution in [0.25, 0.3) is 0 Å². The summed E-state index contributed by atoms with van der Waals surface area (Å²) in [5, 5.41) is 28.3. The SMILES string of the molecule is O=C(c1ccc(B(O)O)cc1)N1CCN(O)CC1. The summed E-state index contributed by atoms with van der Waals surface area (Å²) < 4.78 is 0. The number of hydrogen-bond donors (Lipinski definition) is 3. The van der Waals surface area contributed by atoms with E-state index < -0.39 is 7.12 Å². The van der Waals surface area contributed by atoms with Gasteiger partial charge in [-0.2, -0.15) is 5.06 Å². The van der Waals surface area contributed by atoms with Crippen molar-refractivity contribution in [3.63, 3.8) is 0 Å². The van der Waals surface area contributed by atoms with E-state index in [2.05, 4.69) is 0 Å². The van der Waals surface area contributed by atoms with Crippen molar-refractivity contribution >= 4 is 18.5 Å². The molecule has 0 unspecified atom stereocenters. The zero-order valence-electron chi connectivity index (χ0n) is 9.86. The highest BCUT2D eigenvalue weighted by Gasteiger charge is 2.21. The molecule has 1 aromatic carbocycles. The molecule has 2 rings (SSSR count). The van der Waals surface area contributed by atoms with Crippen molar-refractivity contribution in [3.8, 4) is 0 Å². The Morgan fingerprint density at radius 2 is 1.61 bits per heavy atom. The summed E-state index contributed by atoms with van der Waals surface area (Å²) >= 11 is 0. The number of rotatable bonds is 2. The van der Waals surface area contributed by atoms with Gasteiger partial charge in [0.15, 0.2) is 0 Å². The molecule has 0 bridgehead atoms. The molecule has 1 heterocycles. The van der Waals surface area contributed by atoms with Crippen LogP contribution in [-0.4, -0.2) is 64.4 Å². The number of nitrogens with zero attached hydrogens (tertiary/aromatic N) is 2. The number of hydroxylamine groups is 2. The average molecular weight is 250 g/mol. The Hall–Kier alpha value is -1.41. The van der Waals surface area contributed by atoms with E-state index in [1.165, 1.54) is 17.2 Å². The zero-order chi connectivity index (χ0) is 13.1. The van der Waals surface area contributed by atoms with Crippen molar-refractivity contribution in [1.29, 1.82) is 0 Å². The van der Waals surface area contributed by atoms with Crippen LogP contribution in [0.15, 0.2) is 24.3 Å². The fourth-order valence-electron chi connectivity index (χ4n) is 1.88. The Kier molecular flexibility index (Phi) is 3.98. The first-order chi connectivity index (χ1) is 8.58. The maximum atomic E-state index is 12.1. The lowest BCUT2D eigenvalue weighted by molar-refractivity contribution is -0.112. The van der Waals surface area contributed by atoms with E-state index in [-0.39, 0.29) is 5.91 Å². The van der Waals surface area contributed by atoms with Gasteiger partial charge in [0.25, 0.3) is 5.91 Å². The van der Waals surface area contributed by atoms with Crippen LogP contribution in [0.1, 0.15) is 10.4 Å². The molecule has 0 saturated carbocycles. The van der Waals surface area contributed by atoms with Gasteiger partial charge in [-0.25, -0.2) is 0 Å². The van der Waals surface area contributed by atoms with Crippen molar-refractivity contribution in [1.82, 2.24) is 9.96 Å². The van der Waals surface area contributed by atoms with Gasteiger partial charge in [-0.3, -0.25) is 4.79 Å². The van der Waals surface area contributed by atoms with Crippen LogP contribution < -0.4 is 5.46 Å². The molecule has 1 saturated heterocycles. The number of hydrogen-bond acceptors (Lipinski definition) is 5. The van der Waals surface area contributed by atoms with E-state index in [1.54, 1.807) is 17.0 Å². The quantitative estimate of drug-likeness (QED) is 0.557. The minimum atomic E-state index is -1.52. The number of carbonyl (C=O) groups is 1.